The second kappa shape index (κ2) is 7.40. The molecule has 22 heavy (non-hydrogen) atoms. The Morgan fingerprint density at radius 2 is 2.00 bits per heavy atom. The summed E-state index contributed by atoms with van der Waals surface area (Å²) in [6.45, 7) is 3.64. The summed E-state index contributed by atoms with van der Waals surface area (Å²) in [7, 11) is 1.46. The molecule has 1 aromatic carbocycles. The van der Waals surface area contributed by atoms with Crippen LogP contribution in [-0.4, -0.2) is 47.6 Å². The van der Waals surface area contributed by atoms with Crippen LogP contribution in [0.3, 0.4) is 0 Å². The highest BCUT2D eigenvalue weighted by Crippen LogP contribution is 2.41. The molecule has 0 unspecified atom stereocenters. The minimum atomic E-state index is -4.37. The first-order chi connectivity index (χ1) is 10.3. The molecule has 1 aromatic rings. The van der Waals surface area contributed by atoms with E-state index < -0.39 is 12.2 Å². The standard InChI is InChI=1S/C14H18ClF3N2OS/c1-10-9-20(7-8-21-10)22-19(2)13(14(16,17)18)11-3-5-12(15)6-4-11/h3-6,10,13H,7-9H2,1-2H3/t10-,13-/m1/s1. The van der Waals surface area contributed by atoms with Crippen LogP contribution in [0.4, 0.5) is 13.2 Å². The maximum Gasteiger partial charge on any atom is 0.408 e. The average molecular weight is 355 g/mol. The lowest BCUT2D eigenvalue weighted by atomic mass is 10.1. The molecule has 0 bridgehead atoms. The lowest BCUT2D eigenvalue weighted by molar-refractivity contribution is -0.170. The van der Waals surface area contributed by atoms with Crippen molar-refractivity contribution in [3.05, 3.63) is 34.9 Å². The molecule has 1 aliphatic rings. The predicted octanol–water partition coefficient (Wildman–Crippen LogP) is 4.16. The first-order valence-electron chi connectivity index (χ1n) is 6.87. The number of benzene rings is 1. The molecule has 0 aliphatic carbocycles. The van der Waals surface area contributed by atoms with Crippen LogP contribution in [0.25, 0.3) is 0 Å². The molecule has 0 aromatic heterocycles. The van der Waals surface area contributed by atoms with Crippen molar-refractivity contribution in [2.24, 2.45) is 0 Å². The van der Waals surface area contributed by atoms with Crippen LogP contribution in [-0.2, 0) is 4.74 Å². The number of alkyl halides is 3. The fourth-order valence-electron chi connectivity index (χ4n) is 2.34. The van der Waals surface area contributed by atoms with Crippen molar-refractivity contribution >= 4 is 23.7 Å². The van der Waals surface area contributed by atoms with E-state index in [2.05, 4.69) is 0 Å². The van der Waals surface area contributed by atoms with Gasteiger partial charge < -0.3 is 4.74 Å². The molecule has 0 saturated carbocycles. The third-order valence-electron chi connectivity index (χ3n) is 3.31. The van der Waals surface area contributed by atoms with Gasteiger partial charge in [0.25, 0.3) is 0 Å². The van der Waals surface area contributed by atoms with Crippen LogP contribution < -0.4 is 0 Å². The molecule has 1 heterocycles. The van der Waals surface area contributed by atoms with Crippen LogP contribution in [0.2, 0.25) is 5.02 Å². The molecule has 0 N–H and O–H groups in total. The highest BCUT2D eigenvalue weighted by Gasteiger charge is 2.44. The van der Waals surface area contributed by atoms with Gasteiger partial charge in [-0.1, -0.05) is 23.7 Å². The summed E-state index contributed by atoms with van der Waals surface area (Å²) in [5.74, 6) is 0. The summed E-state index contributed by atoms with van der Waals surface area (Å²) >= 11 is 6.85. The summed E-state index contributed by atoms with van der Waals surface area (Å²) in [4.78, 5) is 0. The van der Waals surface area contributed by atoms with Crippen molar-refractivity contribution < 1.29 is 17.9 Å². The molecule has 2 atom stereocenters. The van der Waals surface area contributed by atoms with E-state index in [1.54, 1.807) is 0 Å². The van der Waals surface area contributed by atoms with Gasteiger partial charge in [0.2, 0.25) is 0 Å². The lowest BCUT2D eigenvalue weighted by Crippen LogP contribution is -2.41. The Balaban J connectivity index is 2.13. The first kappa shape index (κ1) is 17.9. The van der Waals surface area contributed by atoms with E-state index in [9.17, 15) is 13.2 Å². The molecule has 2 rings (SSSR count). The van der Waals surface area contributed by atoms with Gasteiger partial charge in [-0.25, -0.2) is 8.61 Å². The first-order valence-corrected chi connectivity index (χ1v) is 7.98. The van der Waals surface area contributed by atoms with Crippen molar-refractivity contribution in [1.29, 1.82) is 0 Å². The fraction of sp³-hybridized carbons (Fsp3) is 0.571. The molecule has 124 valence electrons. The molecular weight excluding hydrogens is 337 g/mol. The maximum absolute atomic E-state index is 13.5. The highest BCUT2D eigenvalue weighted by atomic mass is 35.5. The van der Waals surface area contributed by atoms with Crippen molar-refractivity contribution in [1.82, 2.24) is 8.61 Å². The number of nitrogens with zero attached hydrogens (tertiary/aromatic N) is 2. The second-order valence-electron chi connectivity index (χ2n) is 5.19. The van der Waals surface area contributed by atoms with E-state index in [1.165, 1.54) is 35.6 Å². The van der Waals surface area contributed by atoms with Crippen molar-refractivity contribution in [3.8, 4) is 0 Å². The molecule has 1 saturated heterocycles. The number of rotatable bonds is 4. The van der Waals surface area contributed by atoms with Gasteiger partial charge in [-0.15, -0.1) is 0 Å². The van der Waals surface area contributed by atoms with Crippen molar-refractivity contribution in [3.63, 3.8) is 0 Å². The van der Waals surface area contributed by atoms with Crippen molar-refractivity contribution in [2.45, 2.75) is 25.2 Å². The third-order valence-corrected chi connectivity index (χ3v) is 4.59. The fourth-order valence-corrected chi connectivity index (χ4v) is 3.60. The van der Waals surface area contributed by atoms with Crippen LogP contribution >= 0.6 is 23.7 Å². The Labute approximate surface area is 137 Å². The molecule has 0 spiro atoms. The predicted molar refractivity (Wildman–Crippen MR) is 82.6 cm³/mol. The van der Waals surface area contributed by atoms with E-state index >= 15 is 0 Å². The summed E-state index contributed by atoms with van der Waals surface area (Å²) in [5, 5.41) is 0.419. The van der Waals surface area contributed by atoms with Gasteiger partial charge in [0.05, 0.1) is 12.7 Å². The zero-order valence-corrected chi connectivity index (χ0v) is 13.9. The Morgan fingerprint density at radius 1 is 1.36 bits per heavy atom. The summed E-state index contributed by atoms with van der Waals surface area (Å²) < 4.78 is 48.9. The summed E-state index contributed by atoms with van der Waals surface area (Å²) in [6.07, 6.45) is -4.34. The number of ether oxygens (including phenoxy) is 1. The number of halogens is 4. The molecule has 3 nitrogen and oxygen atoms in total. The van der Waals surface area contributed by atoms with Crippen molar-refractivity contribution in [2.75, 3.05) is 26.7 Å². The smallest absolute Gasteiger partial charge is 0.376 e. The molecule has 8 heteroatoms. The lowest BCUT2D eigenvalue weighted by Gasteiger charge is -2.36. The van der Waals surface area contributed by atoms with Crippen LogP contribution in [0, 0.1) is 0 Å². The van der Waals surface area contributed by atoms with Crippen LogP contribution in [0.5, 0.6) is 0 Å². The van der Waals surface area contributed by atoms with E-state index in [0.29, 0.717) is 24.7 Å². The van der Waals surface area contributed by atoms with E-state index in [1.807, 2.05) is 11.2 Å². The van der Waals surface area contributed by atoms with Gasteiger partial charge >= 0.3 is 6.18 Å². The topological polar surface area (TPSA) is 15.7 Å². The molecule has 0 radical (unpaired) electrons. The number of hydrogen-bond donors (Lipinski definition) is 0. The molecule has 0 amide bonds. The SMILES string of the molecule is C[C@@H]1CN(SN(C)[C@H](c2ccc(Cl)cc2)C(F)(F)F)CCO1. The van der Waals surface area contributed by atoms with Gasteiger partial charge in [-0.05, 0) is 31.7 Å². The maximum atomic E-state index is 13.5. The molecular formula is C14H18ClF3N2OS. The summed E-state index contributed by atoms with van der Waals surface area (Å²) in [6, 6.07) is 4.10. The Bertz CT molecular complexity index is 486. The number of hydrogen-bond acceptors (Lipinski definition) is 4. The third kappa shape index (κ3) is 4.76. The second-order valence-corrected chi connectivity index (χ2v) is 6.89. The Morgan fingerprint density at radius 3 is 2.55 bits per heavy atom. The van der Waals surface area contributed by atoms with Crippen LogP contribution in [0.15, 0.2) is 24.3 Å². The largest absolute Gasteiger partial charge is 0.408 e. The van der Waals surface area contributed by atoms with Gasteiger partial charge in [0.15, 0.2) is 0 Å². The normalized spacial score (nSPS) is 22.0. The minimum absolute atomic E-state index is 0.0227. The Hall–Kier alpha value is -0.470. The summed E-state index contributed by atoms with van der Waals surface area (Å²) in [5.41, 5.74) is 0.174. The quantitative estimate of drug-likeness (QED) is 0.754. The van der Waals surface area contributed by atoms with Gasteiger partial charge in [-0.3, -0.25) is 0 Å². The minimum Gasteiger partial charge on any atom is -0.376 e. The monoisotopic (exact) mass is 354 g/mol. The number of morpholine rings is 1. The molecule has 1 fully saturated rings. The van der Waals surface area contributed by atoms with Gasteiger partial charge in [0.1, 0.15) is 6.04 Å². The average Bonchev–Trinajstić information content (AvgIpc) is 2.39. The Kier molecular flexibility index (Phi) is 6.01. The molecule has 1 aliphatic heterocycles. The zero-order chi connectivity index (χ0) is 16.3. The highest BCUT2D eigenvalue weighted by molar-refractivity contribution is 7.94. The van der Waals surface area contributed by atoms with E-state index in [4.69, 9.17) is 16.3 Å². The zero-order valence-electron chi connectivity index (χ0n) is 12.3. The van der Waals surface area contributed by atoms with E-state index in [-0.39, 0.29) is 11.7 Å². The van der Waals surface area contributed by atoms with Gasteiger partial charge in [-0.2, -0.15) is 13.2 Å². The van der Waals surface area contributed by atoms with E-state index in [0.717, 1.165) is 12.1 Å². The van der Waals surface area contributed by atoms with Crippen LogP contribution in [0.1, 0.15) is 18.5 Å². The van der Waals surface area contributed by atoms with Gasteiger partial charge in [0, 0.05) is 30.2 Å².